The van der Waals surface area contributed by atoms with Crippen molar-refractivity contribution in [2.75, 3.05) is 11.1 Å². The van der Waals surface area contributed by atoms with E-state index < -0.39 is 29.7 Å². The molecule has 0 aromatic heterocycles. The van der Waals surface area contributed by atoms with Crippen LogP contribution in [-0.4, -0.2) is 46.2 Å². The Balaban J connectivity index is 2.05. The lowest BCUT2D eigenvalue weighted by Gasteiger charge is -2.35. The number of carbonyl (C=O) groups is 3. The Bertz CT molecular complexity index is 1170. The maximum atomic E-state index is 14.1. The van der Waals surface area contributed by atoms with Gasteiger partial charge in [-0.3, -0.25) is 9.59 Å². The monoisotopic (exact) mass is 559 g/mol. The van der Waals surface area contributed by atoms with Crippen molar-refractivity contribution < 1.29 is 19.1 Å². The molecule has 2 N–H and O–H groups in total. The molecule has 2 aromatic rings. The molecule has 9 heteroatoms. The number of para-hydroxylation sites is 1. The molecule has 0 radical (unpaired) electrons. The Kier molecular flexibility index (Phi) is 9.42. The third kappa shape index (κ3) is 7.44. The minimum absolute atomic E-state index is 0.0421. The molecule has 4 atom stereocenters. The number of nitrogens with zero attached hydrogens (tertiary/aromatic N) is 1. The van der Waals surface area contributed by atoms with Gasteiger partial charge in [0, 0.05) is 11.8 Å². The quantitative estimate of drug-likeness (QED) is 0.346. The minimum Gasteiger partial charge on any atom is -0.444 e. The highest BCUT2D eigenvalue weighted by Gasteiger charge is 2.48. The van der Waals surface area contributed by atoms with Crippen LogP contribution in [0.15, 0.2) is 36.4 Å². The van der Waals surface area contributed by atoms with Crippen molar-refractivity contribution in [3.63, 3.8) is 0 Å². The van der Waals surface area contributed by atoms with Gasteiger partial charge in [0.1, 0.15) is 17.7 Å². The number of anilines is 1. The van der Waals surface area contributed by atoms with Crippen molar-refractivity contribution in [2.24, 2.45) is 5.92 Å². The standard InChI is InChI=1S/C29H38ClN3O4S/c1-16-11-17(2)13-20(12-16)25(26(34)32-24-18(3)9-8-10-21(24)30)33(23-14-19(23)4)27(35)22(15-38)31-28(36)37-29(5,6)7/h8-13,19,22-23,25,38H,14-15H2,1-7H3,(H,31,36)(H,32,34). The van der Waals surface area contributed by atoms with E-state index in [9.17, 15) is 14.4 Å². The molecular weight excluding hydrogens is 522 g/mol. The SMILES string of the molecule is Cc1cc(C)cc(C(C(=O)Nc2c(C)cccc2Cl)N(C(=O)C(CS)NC(=O)OC(C)(C)C)C2CC2C)c1. The van der Waals surface area contributed by atoms with E-state index in [4.69, 9.17) is 16.3 Å². The van der Waals surface area contributed by atoms with Crippen LogP contribution in [0.1, 0.15) is 62.4 Å². The fourth-order valence-electron chi connectivity index (χ4n) is 4.58. The Morgan fingerprint density at radius 1 is 1.13 bits per heavy atom. The zero-order valence-corrected chi connectivity index (χ0v) is 24.7. The second-order valence-corrected chi connectivity index (χ2v) is 11.9. The lowest BCUT2D eigenvalue weighted by atomic mass is 9.98. The van der Waals surface area contributed by atoms with Gasteiger partial charge < -0.3 is 20.3 Å². The third-order valence-corrected chi connectivity index (χ3v) is 7.09. The summed E-state index contributed by atoms with van der Waals surface area (Å²) >= 11 is 10.8. The normalized spacial score (nSPS) is 18.2. The predicted molar refractivity (Wildman–Crippen MR) is 155 cm³/mol. The first-order valence-electron chi connectivity index (χ1n) is 12.8. The summed E-state index contributed by atoms with van der Waals surface area (Å²) in [6.45, 7) is 13.1. The summed E-state index contributed by atoms with van der Waals surface area (Å²) in [5.74, 6) is -0.533. The highest BCUT2D eigenvalue weighted by Crippen LogP contribution is 2.41. The van der Waals surface area contributed by atoms with E-state index in [0.717, 1.165) is 23.1 Å². The summed E-state index contributed by atoms with van der Waals surface area (Å²) in [6, 6.07) is 9.14. The zero-order chi connectivity index (χ0) is 28.4. The van der Waals surface area contributed by atoms with E-state index in [-0.39, 0.29) is 23.6 Å². The average Bonchev–Trinajstić information content (AvgIpc) is 3.51. The van der Waals surface area contributed by atoms with Crippen LogP contribution in [0.3, 0.4) is 0 Å². The summed E-state index contributed by atoms with van der Waals surface area (Å²) in [6.07, 6.45) is 0.0322. The molecule has 0 heterocycles. The smallest absolute Gasteiger partial charge is 0.408 e. The first kappa shape index (κ1) is 29.8. The number of rotatable bonds is 8. The van der Waals surface area contributed by atoms with Crippen LogP contribution in [0.4, 0.5) is 10.5 Å². The molecule has 1 fully saturated rings. The lowest BCUT2D eigenvalue weighted by Crippen LogP contribution is -2.54. The van der Waals surface area contributed by atoms with Crippen molar-refractivity contribution in [2.45, 2.75) is 78.6 Å². The van der Waals surface area contributed by atoms with Crippen LogP contribution in [0, 0.1) is 26.7 Å². The highest BCUT2D eigenvalue weighted by atomic mass is 35.5. The van der Waals surface area contributed by atoms with Crippen LogP contribution in [0.2, 0.25) is 5.02 Å². The van der Waals surface area contributed by atoms with Gasteiger partial charge in [0.15, 0.2) is 0 Å². The molecule has 4 unspecified atom stereocenters. The van der Waals surface area contributed by atoms with Gasteiger partial charge >= 0.3 is 6.09 Å². The van der Waals surface area contributed by atoms with E-state index >= 15 is 0 Å². The van der Waals surface area contributed by atoms with Gasteiger partial charge in [-0.2, -0.15) is 12.6 Å². The maximum absolute atomic E-state index is 14.1. The number of aryl methyl sites for hydroxylation is 3. The van der Waals surface area contributed by atoms with Gasteiger partial charge in [0.25, 0.3) is 5.91 Å². The molecule has 38 heavy (non-hydrogen) atoms. The second-order valence-electron chi connectivity index (χ2n) is 11.2. The summed E-state index contributed by atoms with van der Waals surface area (Å²) in [7, 11) is 0. The Morgan fingerprint density at radius 2 is 1.74 bits per heavy atom. The molecule has 2 aromatic carbocycles. The fraction of sp³-hybridized carbons (Fsp3) is 0.483. The number of hydrogen-bond acceptors (Lipinski definition) is 5. The van der Waals surface area contributed by atoms with E-state index in [1.807, 2.05) is 58.0 Å². The van der Waals surface area contributed by atoms with E-state index in [1.54, 1.807) is 31.7 Å². The molecule has 0 aliphatic heterocycles. The third-order valence-electron chi connectivity index (χ3n) is 6.41. The van der Waals surface area contributed by atoms with E-state index in [2.05, 4.69) is 23.3 Å². The number of amides is 3. The molecule has 7 nitrogen and oxygen atoms in total. The van der Waals surface area contributed by atoms with Gasteiger partial charge in [0.05, 0.1) is 10.7 Å². The number of alkyl carbamates (subject to hydrolysis) is 1. The molecule has 1 saturated carbocycles. The topological polar surface area (TPSA) is 87.7 Å². The predicted octanol–water partition coefficient (Wildman–Crippen LogP) is 6.01. The molecule has 3 amide bonds. The first-order chi connectivity index (χ1) is 17.7. The van der Waals surface area contributed by atoms with Crippen LogP contribution >= 0.6 is 24.2 Å². The van der Waals surface area contributed by atoms with Gasteiger partial charge in [-0.1, -0.05) is 60.0 Å². The van der Waals surface area contributed by atoms with Crippen LogP contribution in [0.25, 0.3) is 0 Å². The lowest BCUT2D eigenvalue weighted by molar-refractivity contribution is -0.141. The van der Waals surface area contributed by atoms with Crippen LogP contribution < -0.4 is 10.6 Å². The first-order valence-corrected chi connectivity index (χ1v) is 13.8. The number of carbonyl (C=O) groups excluding carboxylic acids is 3. The molecule has 0 bridgehead atoms. The summed E-state index contributed by atoms with van der Waals surface area (Å²) < 4.78 is 5.38. The summed E-state index contributed by atoms with van der Waals surface area (Å²) in [4.78, 5) is 42.3. The molecular formula is C29H38ClN3O4S. The van der Waals surface area contributed by atoms with Crippen molar-refractivity contribution in [1.29, 1.82) is 0 Å². The average molecular weight is 560 g/mol. The summed E-state index contributed by atoms with van der Waals surface area (Å²) in [5, 5.41) is 6.05. The van der Waals surface area contributed by atoms with Crippen molar-refractivity contribution >= 4 is 47.8 Å². The number of halogens is 1. The maximum Gasteiger partial charge on any atom is 0.408 e. The Morgan fingerprint density at radius 3 is 2.24 bits per heavy atom. The largest absolute Gasteiger partial charge is 0.444 e. The van der Waals surface area contributed by atoms with Gasteiger partial charge in [-0.05, 0) is 71.1 Å². The van der Waals surface area contributed by atoms with Crippen molar-refractivity contribution in [3.8, 4) is 0 Å². The van der Waals surface area contributed by atoms with Crippen LogP contribution in [-0.2, 0) is 14.3 Å². The molecule has 0 saturated heterocycles. The van der Waals surface area contributed by atoms with Gasteiger partial charge in [-0.15, -0.1) is 0 Å². The summed E-state index contributed by atoms with van der Waals surface area (Å²) in [5.41, 5.74) is 3.21. The molecule has 206 valence electrons. The molecule has 1 aliphatic carbocycles. The van der Waals surface area contributed by atoms with Gasteiger partial charge in [0.2, 0.25) is 5.91 Å². The number of benzene rings is 2. The highest BCUT2D eigenvalue weighted by molar-refractivity contribution is 7.80. The molecule has 0 spiro atoms. The zero-order valence-electron chi connectivity index (χ0n) is 23.1. The Hall–Kier alpha value is -2.71. The number of hydrogen-bond donors (Lipinski definition) is 3. The van der Waals surface area contributed by atoms with E-state index in [1.165, 1.54) is 0 Å². The van der Waals surface area contributed by atoms with Crippen LogP contribution in [0.5, 0.6) is 0 Å². The molecule has 3 rings (SSSR count). The number of ether oxygens (including phenoxy) is 1. The number of nitrogens with one attached hydrogen (secondary N) is 2. The van der Waals surface area contributed by atoms with Crippen molar-refractivity contribution in [3.05, 3.63) is 63.7 Å². The van der Waals surface area contributed by atoms with Crippen molar-refractivity contribution in [1.82, 2.24) is 10.2 Å². The van der Waals surface area contributed by atoms with E-state index in [0.29, 0.717) is 16.3 Å². The fourth-order valence-corrected chi connectivity index (χ4v) is 5.09. The second kappa shape index (κ2) is 12.0. The Labute approximate surface area is 236 Å². The van der Waals surface area contributed by atoms with Gasteiger partial charge in [-0.25, -0.2) is 4.79 Å². The number of thiol groups is 1. The molecule has 1 aliphatic rings. The minimum atomic E-state index is -0.982.